The molecule has 2 aromatic heterocycles. The van der Waals surface area contributed by atoms with E-state index in [1.54, 1.807) is 22.7 Å². The van der Waals surface area contributed by atoms with Crippen LogP contribution in [0.4, 0.5) is 0 Å². The first kappa shape index (κ1) is 14.6. The number of nitrogens with one attached hydrogen (secondary N) is 1. The molecule has 1 atom stereocenters. The molecule has 1 N–H and O–H groups in total. The van der Waals surface area contributed by atoms with Gasteiger partial charge in [-0.2, -0.15) is 0 Å². The fourth-order valence-electron chi connectivity index (χ4n) is 1.76. The molecular weight excluding hydrogens is 274 g/mol. The van der Waals surface area contributed by atoms with Crippen LogP contribution in [0.25, 0.3) is 0 Å². The first-order valence-electron chi connectivity index (χ1n) is 6.49. The van der Waals surface area contributed by atoms with Crippen LogP contribution in [0.2, 0.25) is 0 Å². The predicted molar refractivity (Wildman–Crippen MR) is 83.0 cm³/mol. The van der Waals surface area contributed by atoms with Gasteiger partial charge in [0, 0.05) is 28.4 Å². The second kappa shape index (κ2) is 5.69. The van der Waals surface area contributed by atoms with E-state index in [-0.39, 0.29) is 11.5 Å². The van der Waals surface area contributed by atoms with Crippen LogP contribution in [0, 0.1) is 0 Å². The Morgan fingerprint density at radius 1 is 1.21 bits per heavy atom. The normalized spacial score (nSPS) is 14.0. The highest BCUT2D eigenvalue weighted by Gasteiger charge is 2.24. The van der Waals surface area contributed by atoms with Gasteiger partial charge in [-0.05, 0) is 13.8 Å². The van der Waals surface area contributed by atoms with Crippen molar-refractivity contribution < 1.29 is 0 Å². The summed E-state index contributed by atoms with van der Waals surface area (Å²) >= 11 is 3.41. The van der Waals surface area contributed by atoms with E-state index in [4.69, 9.17) is 4.98 Å². The van der Waals surface area contributed by atoms with Gasteiger partial charge in [-0.15, -0.1) is 22.7 Å². The van der Waals surface area contributed by atoms with Crippen molar-refractivity contribution in [3.63, 3.8) is 0 Å². The summed E-state index contributed by atoms with van der Waals surface area (Å²) in [4.78, 5) is 9.25. The molecule has 0 bridgehead atoms. The zero-order valence-electron chi connectivity index (χ0n) is 12.1. The topological polar surface area (TPSA) is 37.8 Å². The van der Waals surface area contributed by atoms with Crippen molar-refractivity contribution >= 4 is 22.7 Å². The van der Waals surface area contributed by atoms with Crippen molar-refractivity contribution in [2.75, 3.05) is 0 Å². The lowest BCUT2D eigenvalue weighted by molar-refractivity contribution is 0.514. The highest BCUT2D eigenvalue weighted by atomic mass is 32.1. The molecule has 0 saturated carbocycles. The minimum absolute atomic E-state index is 0.104. The van der Waals surface area contributed by atoms with Crippen molar-refractivity contribution in [1.82, 2.24) is 15.3 Å². The number of rotatable bonds is 4. The Morgan fingerprint density at radius 2 is 1.95 bits per heavy atom. The Labute approximate surface area is 123 Å². The van der Waals surface area contributed by atoms with Crippen LogP contribution in [0.15, 0.2) is 17.0 Å². The summed E-state index contributed by atoms with van der Waals surface area (Å²) in [5.74, 6) is 0. The third-order valence-corrected chi connectivity index (χ3v) is 4.78. The number of hydrogen-bond acceptors (Lipinski definition) is 5. The highest BCUT2D eigenvalue weighted by molar-refractivity contribution is 7.10. The standard InChI is InChI=1S/C14H21N3S2/c1-9(2)16-11(12-15-6-7-18-12)10-8-19-13(17-10)14(3,4)5/h6-9,11,16H,1-5H3. The monoisotopic (exact) mass is 295 g/mol. The zero-order valence-corrected chi connectivity index (χ0v) is 13.7. The summed E-state index contributed by atoms with van der Waals surface area (Å²) in [6.45, 7) is 10.9. The molecule has 19 heavy (non-hydrogen) atoms. The quantitative estimate of drug-likeness (QED) is 0.927. The van der Waals surface area contributed by atoms with Gasteiger partial charge in [-0.1, -0.05) is 20.8 Å². The van der Waals surface area contributed by atoms with Crippen LogP contribution in [-0.2, 0) is 5.41 Å². The fourth-order valence-corrected chi connectivity index (χ4v) is 3.40. The van der Waals surface area contributed by atoms with E-state index in [1.165, 1.54) is 5.01 Å². The third-order valence-electron chi connectivity index (χ3n) is 2.66. The summed E-state index contributed by atoms with van der Waals surface area (Å²) in [6.07, 6.45) is 1.85. The van der Waals surface area contributed by atoms with E-state index < -0.39 is 0 Å². The molecule has 0 fully saturated rings. The van der Waals surface area contributed by atoms with Gasteiger partial charge in [0.25, 0.3) is 0 Å². The Kier molecular flexibility index (Phi) is 4.38. The summed E-state index contributed by atoms with van der Waals surface area (Å²) in [6, 6.07) is 0.501. The van der Waals surface area contributed by atoms with E-state index in [1.807, 2.05) is 11.6 Å². The number of thiazole rings is 2. The van der Waals surface area contributed by atoms with Gasteiger partial charge >= 0.3 is 0 Å². The molecule has 0 aliphatic rings. The molecule has 2 heterocycles. The molecule has 0 aromatic carbocycles. The summed E-state index contributed by atoms with van der Waals surface area (Å²) in [7, 11) is 0. The Balaban J connectivity index is 2.31. The van der Waals surface area contributed by atoms with Crippen molar-refractivity contribution in [2.45, 2.75) is 52.1 Å². The summed E-state index contributed by atoms with van der Waals surface area (Å²) < 4.78 is 0. The molecule has 0 aliphatic carbocycles. The van der Waals surface area contributed by atoms with Gasteiger partial charge in [-0.3, -0.25) is 0 Å². The summed E-state index contributed by atoms with van der Waals surface area (Å²) in [5, 5.41) is 9.98. The molecule has 1 unspecified atom stereocenters. The third kappa shape index (κ3) is 3.61. The van der Waals surface area contributed by atoms with E-state index >= 15 is 0 Å². The van der Waals surface area contributed by atoms with Crippen LogP contribution in [-0.4, -0.2) is 16.0 Å². The largest absolute Gasteiger partial charge is 0.301 e. The molecule has 2 aromatic rings. The van der Waals surface area contributed by atoms with Crippen molar-refractivity contribution in [3.05, 3.63) is 32.7 Å². The van der Waals surface area contributed by atoms with E-state index in [0.717, 1.165) is 10.7 Å². The predicted octanol–water partition coefficient (Wildman–Crippen LogP) is 3.98. The SMILES string of the molecule is CC(C)NC(c1csc(C(C)(C)C)n1)c1nccs1. The summed E-state index contributed by atoms with van der Waals surface area (Å²) in [5.41, 5.74) is 1.19. The van der Waals surface area contributed by atoms with E-state index in [9.17, 15) is 0 Å². The lowest BCUT2D eigenvalue weighted by atomic mass is 9.98. The molecule has 0 amide bonds. The maximum atomic E-state index is 4.81. The zero-order chi connectivity index (χ0) is 14.0. The van der Waals surface area contributed by atoms with Crippen LogP contribution in [0.3, 0.4) is 0 Å². The molecule has 3 nitrogen and oxygen atoms in total. The van der Waals surface area contributed by atoms with Crippen LogP contribution >= 0.6 is 22.7 Å². The first-order chi connectivity index (χ1) is 8.88. The molecule has 0 saturated heterocycles. The Bertz CT molecular complexity index is 509. The molecule has 0 radical (unpaired) electrons. The van der Waals surface area contributed by atoms with Gasteiger partial charge in [0.1, 0.15) is 11.0 Å². The lowest BCUT2D eigenvalue weighted by Gasteiger charge is -2.18. The fraction of sp³-hybridized carbons (Fsp3) is 0.571. The lowest BCUT2D eigenvalue weighted by Crippen LogP contribution is -2.29. The van der Waals surface area contributed by atoms with Gasteiger partial charge in [0.15, 0.2) is 0 Å². The van der Waals surface area contributed by atoms with Gasteiger partial charge in [0.2, 0.25) is 0 Å². The van der Waals surface area contributed by atoms with Crippen LogP contribution in [0.5, 0.6) is 0 Å². The smallest absolute Gasteiger partial charge is 0.116 e. The van der Waals surface area contributed by atoms with Crippen molar-refractivity contribution in [2.24, 2.45) is 0 Å². The highest BCUT2D eigenvalue weighted by Crippen LogP contribution is 2.30. The van der Waals surface area contributed by atoms with Gasteiger partial charge < -0.3 is 5.32 Å². The molecule has 0 spiro atoms. The van der Waals surface area contributed by atoms with Crippen LogP contribution < -0.4 is 5.32 Å². The number of aromatic nitrogens is 2. The van der Waals surface area contributed by atoms with E-state index in [0.29, 0.717) is 6.04 Å². The maximum absolute atomic E-state index is 4.81. The minimum Gasteiger partial charge on any atom is -0.301 e. The first-order valence-corrected chi connectivity index (χ1v) is 8.25. The molecule has 5 heteroatoms. The molecule has 104 valence electrons. The molecular formula is C14H21N3S2. The van der Waals surface area contributed by atoms with Crippen molar-refractivity contribution in [3.8, 4) is 0 Å². The maximum Gasteiger partial charge on any atom is 0.116 e. The molecule has 0 aliphatic heterocycles. The minimum atomic E-state index is 0.104. The Hall–Kier alpha value is -0.780. The second-order valence-electron chi connectivity index (χ2n) is 5.95. The van der Waals surface area contributed by atoms with Crippen molar-refractivity contribution in [1.29, 1.82) is 0 Å². The second-order valence-corrected chi connectivity index (χ2v) is 7.74. The van der Waals surface area contributed by atoms with Gasteiger partial charge in [-0.25, -0.2) is 9.97 Å². The average Bonchev–Trinajstić information content (AvgIpc) is 2.96. The van der Waals surface area contributed by atoms with Gasteiger partial charge in [0.05, 0.1) is 10.7 Å². The van der Waals surface area contributed by atoms with E-state index in [2.05, 4.69) is 50.3 Å². The number of hydrogen-bond donors (Lipinski definition) is 1. The van der Waals surface area contributed by atoms with Crippen LogP contribution in [0.1, 0.15) is 56.4 Å². The average molecular weight is 295 g/mol. The number of nitrogens with zero attached hydrogens (tertiary/aromatic N) is 2. The Morgan fingerprint density at radius 3 is 2.42 bits per heavy atom. The molecule has 2 rings (SSSR count).